The molecule has 0 spiro atoms. The molecule has 0 bridgehead atoms. The van der Waals surface area contributed by atoms with Gasteiger partial charge in [-0.25, -0.2) is 0 Å². The summed E-state index contributed by atoms with van der Waals surface area (Å²) in [6, 6.07) is 14.2. The second kappa shape index (κ2) is 10.4. The molecule has 4 heteroatoms. The number of nitrogens with one attached hydrogen (secondary N) is 1. The quantitative estimate of drug-likeness (QED) is 0.562. The third-order valence-electron chi connectivity index (χ3n) is 4.66. The maximum absolute atomic E-state index is 12.4. The molecule has 0 aromatic heterocycles. The van der Waals surface area contributed by atoms with Gasteiger partial charge in [-0.2, -0.15) is 0 Å². The normalized spacial score (nSPS) is 12.1. The maximum atomic E-state index is 12.4. The zero-order chi connectivity index (χ0) is 19.8. The van der Waals surface area contributed by atoms with E-state index in [2.05, 4.69) is 43.4 Å². The molecule has 0 aliphatic rings. The lowest BCUT2D eigenvalue weighted by Crippen LogP contribution is -2.38. The van der Waals surface area contributed by atoms with Crippen LogP contribution in [0.1, 0.15) is 56.2 Å². The van der Waals surface area contributed by atoms with Crippen LogP contribution in [0.4, 0.5) is 0 Å². The van der Waals surface area contributed by atoms with Crippen molar-refractivity contribution in [3.8, 4) is 5.75 Å². The molecule has 0 saturated heterocycles. The Labute approximate surface area is 168 Å². The Balaban J connectivity index is 1.78. The number of aryl methyl sites for hydroxylation is 2. The summed E-state index contributed by atoms with van der Waals surface area (Å²) in [7, 11) is 0. The average molecular weight is 388 g/mol. The van der Waals surface area contributed by atoms with E-state index in [9.17, 15) is 4.79 Å². The fraction of sp³-hybridized carbons (Fsp3) is 0.435. The number of carbonyl (C=O) groups is 1. The topological polar surface area (TPSA) is 38.3 Å². The van der Waals surface area contributed by atoms with Crippen molar-refractivity contribution in [2.24, 2.45) is 0 Å². The largest absolute Gasteiger partial charge is 0.481 e. The third-order valence-corrected chi connectivity index (χ3v) is 5.08. The molecule has 0 heterocycles. The van der Waals surface area contributed by atoms with E-state index in [-0.39, 0.29) is 5.91 Å². The minimum absolute atomic E-state index is 0.0692. The van der Waals surface area contributed by atoms with Crippen LogP contribution < -0.4 is 10.1 Å². The van der Waals surface area contributed by atoms with E-state index in [1.807, 2.05) is 19.9 Å². The van der Waals surface area contributed by atoms with E-state index in [1.54, 1.807) is 12.1 Å². The molecular weight excluding hydrogens is 358 g/mol. The molecule has 0 fully saturated rings. The summed E-state index contributed by atoms with van der Waals surface area (Å²) in [6.45, 7) is 8.90. The molecule has 0 saturated carbocycles. The summed E-state index contributed by atoms with van der Waals surface area (Å²) in [5.74, 6) is 1.15. The van der Waals surface area contributed by atoms with Gasteiger partial charge in [-0.15, -0.1) is 0 Å². The smallest absolute Gasteiger partial charge is 0.261 e. The molecule has 2 aromatic rings. The Morgan fingerprint density at radius 1 is 1.15 bits per heavy atom. The fourth-order valence-corrected chi connectivity index (χ4v) is 2.98. The second-order valence-corrected chi connectivity index (χ2v) is 7.62. The van der Waals surface area contributed by atoms with Gasteiger partial charge in [0.1, 0.15) is 5.75 Å². The van der Waals surface area contributed by atoms with Crippen LogP contribution in [-0.4, -0.2) is 18.6 Å². The number of ether oxygens (including phenoxy) is 1. The van der Waals surface area contributed by atoms with Crippen molar-refractivity contribution >= 4 is 17.5 Å². The standard InChI is InChI=1S/C23H30ClNO2/c1-5-22(27-20-12-13-21(24)17(4)15-20)23(26)25-14-6-7-18-8-10-19(11-9-18)16(2)3/h8-13,15-16,22H,5-7,14H2,1-4H3,(H,25,26)/t22-/m1/s1. The van der Waals surface area contributed by atoms with Crippen molar-refractivity contribution in [1.29, 1.82) is 0 Å². The van der Waals surface area contributed by atoms with E-state index in [0.717, 1.165) is 18.4 Å². The minimum atomic E-state index is -0.490. The lowest BCUT2D eigenvalue weighted by Gasteiger charge is -2.18. The average Bonchev–Trinajstić information content (AvgIpc) is 2.66. The van der Waals surface area contributed by atoms with E-state index in [4.69, 9.17) is 16.3 Å². The van der Waals surface area contributed by atoms with Gasteiger partial charge in [-0.3, -0.25) is 4.79 Å². The highest BCUT2D eigenvalue weighted by Gasteiger charge is 2.18. The van der Waals surface area contributed by atoms with Gasteiger partial charge in [0.25, 0.3) is 5.91 Å². The molecule has 3 nitrogen and oxygen atoms in total. The van der Waals surface area contributed by atoms with Crippen molar-refractivity contribution in [2.45, 2.75) is 59.0 Å². The van der Waals surface area contributed by atoms with Gasteiger partial charge in [-0.05, 0) is 67.0 Å². The van der Waals surface area contributed by atoms with Crippen LogP contribution in [0.25, 0.3) is 0 Å². The minimum Gasteiger partial charge on any atom is -0.481 e. The first-order valence-electron chi connectivity index (χ1n) is 9.70. The number of benzene rings is 2. The molecule has 146 valence electrons. The molecule has 0 radical (unpaired) electrons. The first-order chi connectivity index (χ1) is 12.9. The second-order valence-electron chi connectivity index (χ2n) is 7.22. The van der Waals surface area contributed by atoms with E-state index in [0.29, 0.717) is 29.7 Å². The summed E-state index contributed by atoms with van der Waals surface area (Å²) in [5.41, 5.74) is 3.59. The van der Waals surface area contributed by atoms with Gasteiger partial charge in [0.15, 0.2) is 6.10 Å². The van der Waals surface area contributed by atoms with Crippen molar-refractivity contribution in [1.82, 2.24) is 5.32 Å². The van der Waals surface area contributed by atoms with Crippen LogP contribution in [-0.2, 0) is 11.2 Å². The highest BCUT2D eigenvalue weighted by Crippen LogP contribution is 2.22. The Morgan fingerprint density at radius 2 is 1.85 bits per heavy atom. The molecule has 1 amide bonds. The van der Waals surface area contributed by atoms with Gasteiger partial charge in [0, 0.05) is 11.6 Å². The number of halogens is 1. The molecular formula is C23H30ClNO2. The highest BCUT2D eigenvalue weighted by atomic mass is 35.5. The summed E-state index contributed by atoms with van der Waals surface area (Å²) in [5, 5.41) is 3.69. The Kier molecular flexibility index (Phi) is 8.18. The zero-order valence-corrected chi connectivity index (χ0v) is 17.5. The maximum Gasteiger partial charge on any atom is 0.261 e. The summed E-state index contributed by atoms with van der Waals surface area (Å²) < 4.78 is 5.84. The Morgan fingerprint density at radius 3 is 2.44 bits per heavy atom. The third kappa shape index (κ3) is 6.59. The van der Waals surface area contributed by atoms with E-state index < -0.39 is 6.10 Å². The van der Waals surface area contributed by atoms with E-state index in [1.165, 1.54) is 11.1 Å². The molecule has 2 aromatic carbocycles. The molecule has 2 rings (SSSR count). The Bertz CT molecular complexity index is 741. The highest BCUT2D eigenvalue weighted by molar-refractivity contribution is 6.31. The van der Waals surface area contributed by atoms with Crippen molar-refractivity contribution in [3.63, 3.8) is 0 Å². The van der Waals surface area contributed by atoms with Crippen LogP contribution in [0, 0.1) is 6.92 Å². The van der Waals surface area contributed by atoms with Crippen molar-refractivity contribution in [3.05, 3.63) is 64.2 Å². The first kappa shape index (κ1) is 21.3. The van der Waals surface area contributed by atoms with Crippen molar-refractivity contribution < 1.29 is 9.53 Å². The number of rotatable bonds is 9. The number of hydrogen-bond donors (Lipinski definition) is 1. The SMILES string of the molecule is CC[C@@H](Oc1ccc(Cl)c(C)c1)C(=O)NCCCc1ccc(C(C)C)cc1. The predicted octanol–water partition coefficient (Wildman–Crippen LogP) is 5.68. The van der Waals surface area contributed by atoms with Gasteiger partial charge < -0.3 is 10.1 Å². The summed E-state index contributed by atoms with van der Waals surface area (Å²) in [6.07, 6.45) is 1.98. The summed E-state index contributed by atoms with van der Waals surface area (Å²) >= 11 is 6.04. The molecule has 1 atom stereocenters. The molecule has 1 N–H and O–H groups in total. The van der Waals surface area contributed by atoms with Gasteiger partial charge >= 0.3 is 0 Å². The van der Waals surface area contributed by atoms with Crippen LogP contribution in [0.2, 0.25) is 5.02 Å². The van der Waals surface area contributed by atoms with Crippen LogP contribution in [0.5, 0.6) is 5.75 Å². The Hall–Kier alpha value is -2.00. The predicted molar refractivity (Wildman–Crippen MR) is 113 cm³/mol. The molecule has 0 unspecified atom stereocenters. The number of carbonyl (C=O) groups excluding carboxylic acids is 1. The lowest BCUT2D eigenvalue weighted by atomic mass is 10.0. The molecule has 0 aliphatic carbocycles. The van der Waals surface area contributed by atoms with E-state index >= 15 is 0 Å². The van der Waals surface area contributed by atoms with Crippen LogP contribution >= 0.6 is 11.6 Å². The molecule has 0 aliphatic heterocycles. The first-order valence-corrected chi connectivity index (χ1v) is 10.1. The lowest BCUT2D eigenvalue weighted by molar-refractivity contribution is -0.128. The van der Waals surface area contributed by atoms with Crippen molar-refractivity contribution in [2.75, 3.05) is 6.54 Å². The zero-order valence-electron chi connectivity index (χ0n) is 16.7. The van der Waals surface area contributed by atoms with Gasteiger partial charge in [0.2, 0.25) is 0 Å². The number of amides is 1. The van der Waals surface area contributed by atoms with Gasteiger partial charge in [0.05, 0.1) is 0 Å². The van der Waals surface area contributed by atoms with Crippen LogP contribution in [0.3, 0.4) is 0 Å². The van der Waals surface area contributed by atoms with Crippen LogP contribution in [0.15, 0.2) is 42.5 Å². The number of hydrogen-bond acceptors (Lipinski definition) is 2. The molecule has 27 heavy (non-hydrogen) atoms. The summed E-state index contributed by atoms with van der Waals surface area (Å²) in [4.78, 5) is 12.4. The fourth-order valence-electron chi connectivity index (χ4n) is 2.86. The van der Waals surface area contributed by atoms with Gasteiger partial charge in [-0.1, -0.05) is 56.6 Å². The monoisotopic (exact) mass is 387 g/mol.